The number of aromatic hydroxyl groups is 2. The van der Waals surface area contributed by atoms with Crippen molar-refractivity contribution in [1.29, 1.82) is 0 Å². The molecule has 328 valence electrons. The number of nitrogens with one attached hydrogen (secondary N) is 2. The van der Waals surface area contributed by atoms with E-state index in [2.05, 4.69) is 41.8 Å². The van der Waals surface area contributed by atoms with Gasteiger partial charge in [-0.3, -0.25) is 28.8 Å². The number of amides is 3. The van der Waals surface area contributed by atoms with E-state index in [0.29, 0.717) is 42.5 Å². The number of carbonyl (C=O) groups excluding carboxylic acids is 6. The molecule has 1 aliphatic rings. The molecule has 3 amide bonds. The Labute approximate surface area is 364 Å². The molecule has 0 saturated carbocycles. The number of phenolic OH excluding ortho intramolecular Hbond substituents is 2. The fourth-order valence-corrected chi connectivity index (χ4v) is 7.90. The zero-order chi connectivity index (χ0) is 44.9. The fraction of sp³-hybridized carbons (Fsp3) is 0.400. The second kappa shape index (κ2) is 22.1. The van der Waals surface area contributed by atoms with E-state index in [0.717, 1.165) is 30.4 Å². The lowest BCUT2D eigenvalue weighted by Crippen LogP contribution is -2.45. The van der Waals surface area contributed by atoms with Crippen molar-refractivity contribution in [3.63, 3.8) is 0 Å². The van der Waals surface area contributed by atoms with Crippen LogP contribution >= 0.6 is 0 Å². The molecule has 4 bridgehead atoms. The first-order valence-corrected chi connectivity index (χ1v) is 21.6. The van der Waals surface area contributed by atoms with Gasteiger partial charge in [-0.25, -0.2) is 0 Å². The molecule has 1 aliphatic heterocycles. The van der Waals surface area contributed by atoms with Crippen molar-refractivity contribution in [2.24, 2.45) is 17.6 Å². The molecule has 12 heteroatoms. The normalized spacial score (nSPS) is 17.0. The average molecular weight is 845 g/mol. The Hall–Kier alpha value is -6.14. The molecule has 0 spiro atoms. The molecule has 0 fully saturated rings. The van der Waals surface area contributed by atoms with Crippen molar-refractivity contribution in [3.8, 4) is 33.8 Å². The summed E-state index contributed by atoms with van der Waals surface area (Å²) in [5.74, 6) is -4.13. The minimum Gasteiger partial charge on any atom is -0.507 e. The van der Waals surface area contributed by atoms with Gasteiger partial charge in [-0.1, -0.05) is 87.4 Å². The Morgan fingerprint density at radius 1 is 0.855 bits per heavy atom. The van der Waals surface area contributed by atoms with Crippen molar-refractivity contribution < 1.29 is 39.0 Å². The molecule has 6 N–H and O–H groups in total. The summed E-state index contributed by atoms with van der Waals surface area (Å²) >= 11 is 0. The molecule has 0 aliphatic carbocycles. The molecule has 5 rings (SSSR count). The fourth-order valence-electron chi connectivity index (χ4n) is 7.90. The number of hydrogen-bond donors (Lipinski definition) is 5. The maximum Gasteiger partial charge on any atom is 0.224 e. The molecule has 4 aromatic carbocycles. The third-order valence-electron chi connectivity index (χ3n) is 11.7. The number of carbonyl (C=O) groups is 6. The van der Waals surface area contributed by atoms with Crippen LogP contribution in [0.5, 0.6) is 11.5 Å². The number of phenols is 2. The van der Waals surface area contributed by atoms with Crippen LogP contribution < -0.4 is 16.4 Å². The number of fused-ring (bicyclic) bond motifs is 5. The molecule has 4 atom stereocenters. The van der Waals surface area contributed by atoms with Crippen molar-refractivity contribution in [3.05, 3.63) is 107 Å². The minimum absolute atomic E-state index is 0.0210. The highest BCUT2D eigenvalue weighted by molar-refractivity contribution is 5.99. The highest BCUT2D eigenvalue weighted by Gasteiger charge is 2.33. The van der Waals surface area contributed by atoms with Crippen molar-refractivity contribution >= 4 is 35.1 Å². The van der Waals surface area contributed by atoms with Crippen LogP contribution in [0, 0.1) is 11.8 Å². The Bertz CT molecular complexity index is 2240. The van der Waals surface area contributed by atoms with Crippen LogP contribution in [0.4, 0.5) is 0 Å². The summed E-state index contributed by atoms with van der Waals surface area (Å²) in [4.78, 5) is 82.2. The molecule has 0 saturated heterocycles. The van der Waals surface area contributed by atoms with Gasteiger partial charge in [0.15, 0.2) is 17.3 Å². The average Bonchev–Trinajstić information content (AvgIpc) is 3.26. The zero-order valence-corrected chi connectivity index (χ0v) is 36.2. The minimum atomic E-state index is -1.21. The van der Waals surface area contributed by atoms with Crippen LogP contribution in [-0.4, -0.2) is 76.4 Å². The molecule has 62 heavy (non-hydrogen) atoms. The first-order chi connectivity index (χ1) is 29.7. The van der Waals surface area contributed by atoms with Gasteiger partial charge in [0, 0.05) is 61.4 Å². The van der Waals surface area contributed by atoms with Crippen LogP contribution in [0.1, 0.15) is 105 Å². The van der Waals surface area contributed by atoms with E-state index < -0.39 is 41.5 Å². The number of benzene rings is 4. The molecule has 12 nitrogen and oxygen atoms in total. The second-order valence-electron chi connectivity index (χ2n) is 16.5. The molecule has 0 unspecified atom stereocenters. The van der Waals surface area contributed by atoms with Gasteiger partial charge in [-0.05, 0) is 97.7 Å². The smallest absolute Gasteiger partial charge is 0.224 e. The molecule has 0 aromatic heterocycles. The molecule has 1 heterocycles. The Kier molecular flexibility index (Phi) is 16.7. The number of nitrogens with zero attached hydrogens (tertiary/aromatic N) is 1. The number of rotatable bonds is 17. The summed E-state index contributed by atoms with van der Waals surface area (Å²) in [6.45, 7) is 5.48. The first-order valence-electron chi connectivity index (χ1n) is 21.6. The SMILES string of the molecule is CCCCc1ccc(-c2ccc(C(=O)C[C@@H](CCCCN)C(=O)NCCC(=O)N(C)[C@@H]3C(=O)C[C@@H](C)C(=O)N[C@H](C(C)=O)Cc4ccc(O)c(c4)-c4cc3ccc4O)cc2)cc1. The van der Waals surface area contributed by atoms with Crippen LogP contribution in [0.2, 0.25) is 0 Å². The third-order valence-corrected chi connectivity index (χ3v) is 11.7. The third kappa shape index (κ3) is 12.2. The van der Waals surface area contributed by atoms with Crippen LogP contribution in [0.3, 0.4) is 0 Å². The van der Waals surface area contributed by atoms with E-state index in [-0.39, 0.29) is 72.3 Å². The van der Waals surface area contributed by atoms with Crippen LogP contribution in [0.25, 0.3) is 22.3 Å². The summed E-state index contributed by atoms with van der Waals surface area (Å²) in [6.07, 6.45) is 4.73. The molecular weight excluding hydrogens is 785 g/mol. The van der Waals surface area contributed by atoms with Gasteiger partial charge in [0.1, 0.15) is 17.5 Å². The number of aryl methyl sites for hydroxylation is 1. The van der Waals surface area contributed by atoms with Gasteiger partial charge in [0.05, 0.1) is 6.04 Å². The summed E-state index contributed by atoms with van der Waals surface area (Å²) in [5.41, 5.74) is 11.0. The summed E-state index contributed by atoms with van der Waals surface area (Å²) in [7, 11) is 1.46. The summed E-state index contributed by atoms with van der Waals surface area (Å²) < 4.78 is 0. The number of unbranched alkanes of at least 4 members (excludes halogenated alkanes) is 2. The summed E-state index contributed by atoms with van der Waals surface area (Å²) in [6, 6.07) is 22.8. The van der Waals surface area contributed by atoms with E-state index in [1.807, 2.05) is 12.1 Å². The van der Waals surface area contributed by atoms with E-state index >= 15 is 0 Å². The van der Waals surface area contributed by atoms with E-state index in [1.54, 1.807) is 31.2 Å². The number of likely N-dealkylation sites (N-methyl/N-ethyl adjacent to an activating group) is 1. The van der Waals surface area contributed by atoms with E-state index in [1.165, 1.54) is 48.7 Å². The Morgan fingerprint density at radius 3 is 2.15 bits per heavy atom. The van der Waals surface area contributed by atoms with Crippen molar-refractivity contribution in [2.75, 3.05) is 20.1 Å². The number of hydrogen-bond acceptors (Lipinski definition) is 9. The second-order valence-corrected chi connectivity index (χ2v) is 16.5. The standard InChI is InChI=1S/C50H60N4O8/c1-5-6-9-33-11-14-35(15-12-33)36-16-18-37(19-17-36)45(58)30-39(10-7-8-24-51)50(62)52-25-23-47(60)54(4)48-38-20-22-44(57)41(29-38)40-27-34(13-21-43(40)56)28-42(32(3)55)53-49(61)31(2)26-46(48)59/h11-22,27,29,31,39,42,48,56-57H,5-10,23-26,28,30,51H2,1-4H3,(H,52,62)(H,53,61)/t31-,39-,42+,48+/m1/s1. The predicted molar refractivity (Wildman–Crippen MR) is 239 cm³/mol. The first kappa shape index (κ1) is 46.9. The van der Waals surface area contributed by atoms with E-state index in [4.69, 9.17) is 5.73 Å². The molecule has 0 radical (unpaired) electrons. The summed E-state index contributed by atoms with van der Waals surface area (Å²) in [5, 5.41) is 27.4. The predicted octanol–water partition coefficient (Wildman–Crippen LogP) is 7.02. The maximum absolute atomic E-state index is 14.1. The van der Waals surface area contributed by atoms with Crippen molar-refractivity contribution in [2.45, 2.75) is 97.1 Å². The van der Waals surface area contributed by atoms with Crippen LogP contribution in [0.15, 0.2) is 84.9 Å². The van der Waals surface area contributed by atoms with Crippen molar-refractivity contribution in [1.82, 2.24) is 15.5 Å². The molecule has 4 aromatic rings. The van der Waals surface area contributed by atoms with Gasteiger partial charge in [0.2, 0.25) is 17.7 Å². The maximum atomic E-state index is 14.1. The van der Waals surface area contributed by atoms with Gasteiger partial charge >= 0.3 is 0 Å². The lowest BCUT2D eigenvalue weighted by molar-refractivity contribution is -0.139. The number of nitrogens with two attached hydrogens (primary N) is 1. The molecular formula is C50H60N4O8. The highest BCUT2D eigenvalue weighted by atomic mass is 16.3. The number of Topliss-reactive ketones (excluding diaryl/α,β-unsaturated/α-hetero) is 3. The van der Waals surface area contributed by atoms with Gasteiger partial charge in [-0.2, -0.15) is 0 Å². The van der Waals surface area contributed by atoms with Gasteiger partial charge in [0.25, 0.3) is 0 Å². The Morgan fingerprint density at radius 2 is 1.50 bits per heavy atom. The van der Waals surface area contributed by atoms with Gasteiger partial charge < -0.3 is 31.5 Å². The lowest BCUT2D eigenvalue weighted by Gasteiger charge is -2.29. The van der Waals surface area contributed by atoms with Gasteiger partial charge in [-0.15, -0.1) is 0 Å². The Balaban J connectivity index is 1.29. The zero-order valence-electron chi connectivity index (χ0n) is 36.2. The lowest BCUT2D eigenvalue weighted by atomic mass is 9.89. The topological polar surface area (TPSA) is 196 Å². The highest BCUT2D eigenvalue weighted by Crippen LogP contribution is 2.39. The van der Waals surface area contributed by atoms with Crippen LogP contribution in [-0.2, 0) is 36.8 Å². The van der Waals surface area contributed by atoms with E-state index in [9.17, 15) is 39.0 Å². The monoisotopic (exact) mass is 844 g/mol. The number of ketones is 3. The largest absolute Gasteiger partial charge is 0.507 e. The quantitative estimate of drug-likeness (QED) is 0.0548.